The smallest absolute Gasteiger partial charge is 0.416 e. The van der Waals surface area contributed by atoms with Crippen LogP contribution in [0.1, 0.15) is 60.5 Å². The lowest BCUT2D eigenvalue weighted by Gasteiger charge is -2.45. The van der Waals surface area contributed by atoms with Crippen LogP contribution >= 0.6 is 0 Å². The van der Waals surface area contributed by atoms with E-state index in [2.05, 4.69) is 4.90 Å². The van der Waals surface area contributed by atoms with E-state index in [9.17, 15) is 40.6 Å². The molecule has 2 saturated heterocycles. The predicted octanol–water partition coefficient (Wildman–Crippen LogP) is 6.94. The third-order valence-electron chi connectivity index (χ3n) is 7.52. The molecule has 1 N–H and O–H groups in total. The summed E-state index contributed by atoms with van der Waals surface area (Å²) < 4.78 is 100. The molecule has 0 spiro atoms. The van der Waals surface area contributed by atoms with Crippen LogP contribution in [0.2, 0.25) is 0 Å². The standard InChI is InChI=1S/C27H29F7N2O3/c1-16(18-11-19(26(29,30)31)13-20(12-18)27(32,33)34)39-24-8-10-35(22-3-2-9-36(14-22)25(37)38)15-23(24)17-4-6-21(28)7-5-17/h4-7,11-13,16,22-24H,2-3,8-10,14-15H2,1H3,(H,37,38)/t16-,22?,23-,24+/m1/s1. The van der Waals surface area contributed by atoms with E-state index in [-0.39, 0.29) is 23.6 Å². The number of amides is 1. The van der Waals surface area contributed by atoms with Gasteiger partial charge in [0.05, 0.1) is 23.3 Å². The van der Waals surface area contributed by atoms with Crippen molar-refractivity contribution in [1.82, 2.24) is 9.80 Å². The van der Waals surface area contributed by atoms with Gasteiger partial charge in [0, 0.05) is 38.1 Å². The van der Waals surface area contributed by atoms with Gasteiger partial charge < -0.3 is 14.7 Å². The molecule has 0 saturated carbocycles. The van der Waals surface area contributed by atoms with Crippen molar-refractivity contribution in [2.45, 2.75) is 62.7 Å². The second-order valence-corrected chi connectivity index (χ2v) is 10.1. The molecule has 4 atom stereocenters. The second kappa shape index (κ2) is 11.3. The van der Waals surface area contributed by atoms with Gasteiger partial charge in [0.15, 0.2) is 0 Å². The molecule has 0 aromatic heterocycles. The van der Waals surface area contributed by atoms with Crippen LogP contribution in [0.3, 0.4) is 0 Å². The first-order chi connectivity index (χ1) is 18.2. The Morgan fingerprint density at radius 2 is 1.56 bits per heavy atom. The molecule has 0 aliphatic carbocycles. The summed E-state index contributed by atoms with van der Waals surface area (Å²) in [7, 11) is 0. The normalized spacial score (nSPS) is 24.0. The van der Waals surface area contributed by atoms with Crippen LogP contribution in [0.4, 0.5) is 35.5 Å². The highest BCUT2D eigenvalue weighted by molar-refractivity contribution is 5.65. The molecule has 2 aliphatic rings. The average molecular weight is 563 g/mol. The molecular weight excluding hydrogens is 533 g/mol. The zero-order valence-electron chi connectivity index (χ0n) is 21.1. The lowest BCUT2D eigenvalue weighted by Crippen LogP contribution is -2.54. The van der Waals surface area contributed by atoms with E-state index in [4.69, 9.17) is 4.74 Å². The highest BCUT2D eigenvalue weighted by Crippen LogP contribution is 2.40. The van der Waals surface area contributed by atoms with Gasteiger partial charge in [0.2, 0.25) is 0 Å². The lowest BCUT2D eigenvalue weighted by atomic mass is 9.86. The Balaban J connectivity index is 1.59. The fraction of sp³-hybridized carbons (Fsp3) is 0.519. The molecule has 1 amide bonds. The number of piperidine rings is 2. The SMILES string of the molecule is C[C@@H](O[C@H]1CCN(C2CCCN(C(=O)O)C2)C[C@@H]1c1ccc(F)cc1)c1cc(C(F)(F)F)cc(C(F)(F)F)c1. The molecule has 1 unspecified atom stereocenters. The summed E-state index contributed by atoms with van der Waals surface area (Å²) in [5.74, 6) is -0.819. The van der Waals surface area contributed by atoms with Crippen LogP contribution < -0.4 is 0 Å². The zero-order chi connectivity index (χ0) is 28.5. The molecule has 2 aliphatic heterocycles. The largest absolute Gasteiger partial charge is 0.465 e. The van der Waals surface area contributed by atoms with Crippen molar-refractivity contribution >= 4 is 6.09 Å². The van der Waals surface area contributed by atoms with E-state index >= 15 is 0 Å². The first-order valence-corrected chi connectivity index (χ1v) is 12.6. The van der Waals surface area contributed by atoms with Crippen LogP contribution in [0.25, 0.3) is 0 Å². The average Bonchev–Trinajstić information content (AvgIpc) is 2.88. The number of benzene rings is 2. The Bertz CT molecular complexity index is 1120. The summed E-state index contributed by atoms with van der Waals surface area (Å²) in [4.78, 5) is 15.0. The van der Waals surface area contributed by atoms with Crippen molar-refractivity contribution in [2.75, 3.05) is 26.2 Å². The Labute approximate surface area is 221 Å². The van der Waals surface area contributed by atoms with Crippen LogP contribution in [0.15, 0.2) is 42.5 Å². The highest BCUT2D eigenvalue weighted by Gasteiger charge is 2.39. The fourth-order valence-corrected chi connectivity index (χ4v) is 5.46. The molecule has 0 bridgehead atoms. The first kappa shape index (κ1) is 29.1. The maximum absolute atomic E-state index is 13.7. The van der Waals surface area contributed by atoms with Crippen molar-refractivity contribution in [3.63, 3.8) is 0 Å². The van der Waals surface area contributed by atoms with Gasteiger partial charge in [-0.25, -0.2) is 9.18 Å². The predicted molar refractivity (Wildman–Crippen MR) is 128 cm³/mol. The minimum atomic E-state index is -4.97. The number of nitrogens with zero attached hydrogens (tertiary/aromatic N) is 2. The van der Waals surface area contributed by atoms with E-state index in [0.29, 0.717) is 56.7 Å². The number of ether oxygens (including phenoxy) is 1. The van der Waals surface area contributed by atoms with Crippen LogP contribution in [0, 0.1) is 5.82 Å². The molecule has 2 heterocycles. The van der Waals surface area contributed by atoms with Gasteiger partial charge in [0.1, 0.15) is 5.82 Å². The number of hydrogen-bond acceptors (Lipinski definition) is 3. The first-order valence-electron chi connectivity index (χ1n) is 12.6. The maximum Gasteiger partial charge on any atom is 0.416 e. The molecule has 2 aromatic rings. The van der Waals surface area contributed by atoms with Crippen molar-refractivity contribution in [1.29, 1.82) is 0 Å². The van der Waals surface area contributed by atoms with Crippen molar-refractivity contribution in [3.05, 3.63) is 70.5 Å². The molecule has 2 aromatic carbocycles. The van der Waals surface area contributed by atoms with E-state index < -0.39 is 47.6 Å². The maximum atomic E-state index is 13.7. The molecule has 0 radical (unpaired) electrons. The Kier molecular flexibility index (Phi) is 8.46. The molecule has 214 valence electrons. The third-order valence-corrected chi connectivity index (χ3v) is 7.52. The number of likely N-dealkylation sites (tertiary alicyclic amines) is 2. The minimum absolute atomic E-state index is 0.0472. The summed E-state index contributed by atoms with van der Waals surface area (Å²) in [6, 6.07) is 7.11. The number of carboxylic acid groups (broad SMARTS) is 1. The van der Waals surface area contributed by atoms with Gasteiger partial charge in [-0.2, -0.15) is 26.3 Å². The zero-order valence-corrected chi connectivity index (χ0v) is 21.1. The highest BCUT2D eigenvalue weighted by atomic mass is 19.4. The van der Waals surface area contributed by atoms with Gasteiger partial charge in [-0.3, -0.25) is 4.90 Å². The quantitative estimate of drug-likeness (QED) is 0.401. The van der Waals surface area contributed by atoms with Crippen molar-refractivity contribution in [3.8, 4) is 0 Å². The molecule has 5 nitrogen and oxygen atoms in total. The summed E-state index contributed by atoms with van der Waals surface area (Å²) in [5, 5.41) is 9.41. The van der Waals surface area contributed by atoms with E-state index in [0.717, 1.165) is 6.42 Å². The molecule has 12 heteroatoms. The third kappa shape index (κ3) is 7.02. The molecule has 39 heavy (non-hydrogen) atoms. The Morgan fingerprint density at radius 3 is 2.13 bits per heavy atom. The number of carbonyl (C=O) groups is 1. The van der Waals surface area contributed by atoms with E-state index in [1.807, 2.05) is 0 Å². The summed E-state index contributed by atoms with van der Waals surface area (Å²) >= 11 is 0. The van der Waals surface area contributed by atoms with Gasteiger partial charge in [-0.1, -0.05) is 12.1 Å². The second-order valence-electron chi connectivity index (χ2n) is 10.1. The van der Waals surface area contributed by atoms with E-state index in [1.165, 1.54) is 24.0 Å². The number of hydrogen-bond donors (Lipinski definition) is 1. The van der Waals surface area contributed by atoms with Gasteiger partial charge in [-0.05, 0) is 67.6 Å². The molecular formula is C27H29F7N2O3. The lowest BCUT2D eigenvalue weighted by molar-refractivity contribution is -0.143. The summed E-state index contributed by atoms with van der Waals surface area (Å²) in [5.41, 5.74) is -2.35. The number of rotatable bonds is 5. The van der Waals surface area contributed by atoms with Crippen molar-refractivity contribution in [2.24, 2.45) is 0 Å². The summed E-state index contributed by atoms with van der Waals surface area (Å²) in [6.07, 6.45) is -10.7. The minimum Gasteiger partial charge on any atom is -0.465 e. The Morgan fingerprint density at radius 1 is 0.949 bits per heavy atom. The molecule has 4 rings (SSSR count). The fourth-order valence-electron chi connectivity index (χ4n) is 5.46. The molecule has 2 fully saturated rings. The van der Waals surface area contributed by atoms with Gasteiger partial charge in [0.25, 0.3) is 0 Å². The number of halogens is 7. The monoisotopic (exact) mass is 562 g/mol. The van der Waals surface area contributed by atoms with Crippen LogP contribution in [0.5, 0.6) is 0 Å². The van der Waals surface area contributed by atoms with Gasteiger partial charge >= 0.3 is 18.4 Å². The van der Waals surface area contributed by atoms with Gasteiger partial charge in [-0.15, -0.1) is 0 Å². The summed E-state index contributed by atoms with van der Waals surface area (Å²) in [6.45, 7) is 3.11. The number of alkyl halides is 6. The van der Waals surface area contributed by atoms with Crippen LogP contribution in [-0.2, 0) is 17.1 Å². The topological polar surface area (TPSA) is 53.0 Å². The van der Waals surface area contributed by atoms with E-state index in [1.54, 1.807) is 12.1 Å². The Hall–Kier alpha value is -2.86. The van der Waals surface area contributed by atoms with Crippen molar-refractivity contribution < 1.29 is 45.4 Å². The van der Waals surface area contributed by atoms with Crippen LogP contribution in [-0.4, -0.2) is 59.3 Å².